The van der Waals surface area contributed by atoms with Gasteiger partial charge < -0.3 is 5.73 Å². The molecule has 0 aliphatic carbocycles. The second kappa shape index (κ2) is 3.57. The van der Waals surface area contributed by atoms with Crippen LogP contribution in [0.4, 0.5) is 13.2 Å². The first-order valence-corrected chi connectivity index (χ1v) is 3.44. The standard InChI is InChI=1S/C8H6F3NO/c9-4-1-5(7(13)3-12)8(11)6(10)2-4/h1-2H,3,12H2. The molecular formula is C8H6F3NO. The predicted octanol–water partition coefficient (Wildman–Crippen LogP) is 1.25. The number of benzene rings is 1. The molecule has 2 N–H and O–H groups in total. The van der Waals surface area contributed by atoms with Crippen LogP contribution in [-0.2, 0) is 0 Å². The maximum atomic E-state index is 12.8. The van der Waals surface area contributed by atoms with Gasteiger partial charge in [0.2, 0.25) is 0 Å². The third-order valence-corrected chi connectivity index (χ3v) is 1.48. The van der Waals surface area contributed by atoms with Crippen LogP contribution in [0, 0.1) is 17.5 Å². The zero-order chi connectivity index (χ0) is 10.0. The summed E-state index contributed by atoms with van der Waals surface area (Å²) in [5, 5.41) is 0. The number of carbonyl (C=O) groups excluding carboxylic acids is 1. The zero-order valence-electron chi connectivity index (χ0n) is 6.48. The molecule has 1 rings (SSSR count). The number of rotatable bonds is 2. The van der Waals surface area contributed by atoms with Crippen molar-refractivity contribution in [2.45, 2.75) is 0 Å². The van der Waals surface area contributed by atoms with E-state index in [0.717, 1.165) is 0 Å². The van der Waals surface area contributed by atoms with E-state index in [1.165, 1.54) is 0 Å². The fourth-order valence-corrected chi connectivity index (χ4v) is 0.869. The van der Waals surface area contributed by atoms with Crippen LogP contribution in [0.5, 0.6) is 0 Å². The van der Waals surface area contributed by atoms with Crippen molar-refractivity contribution in [3.05, 3.63) is 35.1 Å². The summed E-state index contributed by atoms with van der Waals surface area (Å²) >= 11 is 0. The van der Waals surface area contributed by atoms with Gasteiger partial charge >= 0.3 is 0 Å². The second-order valence-corrected chi connectivity index (χ2v) is 2.38. The van der Waals surface area contributed by atoms with E-state index < -0.39 is 35.3 Å². The zero-order valence-corrected chi connectivity index (χ0v) is 6.48. The molecule has 2 nitrogen and oxygen atoms in total. The topological polar surface area (TPSA) is 43.1 Å². The Labute approximate surface area is 72.2 Å². The highest BCUT2D eigenvalue weighted by Gasteiger charge is 2.15. The van der Waals surface area contributed by atoms with Crippen molar-refractivity contribution in [3.63, 3.8) is 0 Å². The first kappa shape index (κ1) is 9.73. The van der Waals surface area contributed by atoms with Gasteiger partial charge in [0.1, 0.15) is 5.82 Å². The summed E-state index contributed by atoms with van der Waals surface area (Å²) < 4.78 is 37.8. The number of ketones is 1. The average Bonchev–Trinajstić information content (AvgIpc) is 2.10. The Bertz CT molecular complexity index is 351. The van der Waals surface area contributed by atoms with Gasteiger partial charge in [0, 0.05) is 6.07 Å². The number of halogens is 3. The summed E-state index contributed by atoms with van der Waals surface area (Å²) in [6.45, 7) is -0.486. The number of hydrogen-bond donors (Lipinski definition) is 1. The molecule has 0 fully saturated rings. The highest BCUT2D eigenvalue weighted by atomic mass is 19.2. The van der Waals surface area contributed by atoms with Crippen molar-refractivity contribution in [1.82, 2.24) is 0 Å². The van der Waals surface area contributed by atoms with Crippen molar-refractivity contribution in [2.75, 3.05) is 6.54 Å². The molecule has 0 amide bonds. The van der Waals surface area contributed by atoms with Crippen molar-refractivity contribution in [2.24, 2.45) is 5.73 Å². The van der Waals surface area contributed by atoms with Crippen molar-refractivity contribution in [3.8, 4) is 0 Å². The molecule has 0 radical (unpaired) electrons. The van der Waals surface area contributed by atoms with Gasteiger partial charge in [-0.2, -0.15) is 0 Å². The molecular weight excluding hydrogens is 183 g/mol. The lowest BCUT2D eigenvalue weighted by atomic mass is 10.1. The molecule has 0 aliphatic heterocycles. The molecule has 1 aromatic rings. The van der Waals surface area contributed by atoms with Gasteiger partial charge in [-0.05, 0) is 6.07 Å². The molecule has 0 saturated carbocycles. The minimum atomic E-state index is -1.39. The number of carbonyl (C=O) groups is 1. The fourth-order valence-electron chi connectivity index (χ4n) is 0.869. The van der Waals surface area contributed by atoms with Gasteiger partial charge in [0.15, 0.2) is 17.4 Å². The normalized spacial score (nSPS) is 10.2. The van der Waals surface area contributed by atoms with E-state index in [1.807, 2.05) is 0 Å². The Hall–Kier alpha value is -1.36. The monoisotopic (exact) mass is 189 g/mol. The van der Waals surface area contributed by atoms with Crippen molar-refractivity contribution < 1.29 is 18.0 Å². The minimum Gasteiger partial charge on any atom is -0.324 e. The summed E-state index contributed by atoms with van der Waals surface area (Å²) in [6.07, 6.45) is 0. The van der Waals surface area contributed by atoms with Crippen LogP contribution in [0.3, 0.4) is 0 Å². The Morgan fingerprint density at radius 1 is 1.31 bits per heavy atom. The molecule has 0 unspecified atom stereocenters. The van der Waals surface area contributed by atoms with Gasteiger partial charge in [0.25, 0.3) is 0 Å². The van der Waals surface area contributed by atoms with Gasteiger partial charge in [-0.1, -0.05) is 0 Å². The highest BCUT2D eigenvalue weighted by molar-refractivity contribution is 5.97. The molecule has 0 aromatic heterocycles. The van der Waals surface area contributed by atoms with Gasteiger partial charge in [0.05, 0.1) is 12.1 Å². The summed E-state index contributed by atoms with van der Waals surface area (Å²) in [6, 6.07) is 0.982. The second-order valence-electron chi connectivity index (χ2n) is 2.38. The van der Waals surface area contributed by atoms with E-state index in [2.05, 4.69) is 0 Å². The molecule has 0 atom stereocenters. The molecule has 1 aromatic carbocycles. The summed E-state index contributed by atoms with van der Waals surface area (Å²) in [5.41, 5.74) is 4.26. The first-order chi connectivity index (χ1) is 6.06. The SMILES string of the molecule is NCC(=O)c1cc(F)cc(F)c1F. The Morgan fingerprint density at radius 3 is 2.46 bits per heavy atom. The Balaban J connectivity index is 3.28. The number of Topliss-reactive ketones (excluding diaryl/α,β-unsaturated/α-hetero) is 1. The van der Waals surface area contributed by atoms with E-state index >= 15 is 0 Å². The smallest absolute Gasteiger partial charge is 0.179 e. The minimum absolute atomic E-state index is 0.364. The fraction of sp³-hybridized carbons (Fsp3) is 0.125. The van der Waals surface area contributed by atoms with Crippen LogP contribution in [0.15, 0.2) is 12.1 Å². The van der Waals surface area contributed by atoms with Crippen LogP contribution in [0.1, 0.15) is 10.4 Å². The first-order valence-electron chi connectivity index (χ1n) is 3.44. The summed E-state index contributed by atoms with van der Waals surface area (Å²) in [7, 11) is 0. The summed E-state index contributed by atoms with van der Waals surface area (Å²) in [5.74, 6) is -4.60. The van der Waals surface area contributed by atoms with Gasteiger partial charge in [-0.25, -0.2) is 13.2 Å². The molecule has 13 heavy (non-hydrogen) atoms. The molecule has 0 saturated heterocycles. The van der Waals surface area contributed by atoms with Gasteiger partial charge in [-0.3, -0.25) is 4.79 Å². The van der Waals surface area contributed by atoms with Crippen LogP contribution in [0.25, 0.3) is 0 Å². The number of nitrogens with two attached hydrogens (primary N) is 1. The molecule has 70 valence electrons. The largest absolute Gasteiger partial charge is 0.324 e. The van der Waals surface area contributed by atoms with E-state index in [0.29, 0.717) is 12.1 Å². The molecule has 0 bridgehead atoms. The van der Waals surface area contributed by atoms with E-state index in [-0.39, 0.29) is 0 Å². The van der Waals surface area contributed by atoms with Crippen LogP contribution < -0.4 is 5.73 Å². The molecule has 5 heteroatoms. The average molecular weight is 189 g/mol. The third kappa shape index (κ3) is 1.86. The third-order valence-electron chi connectivity index (χ3n) is 1.48. The highest BCUT2D eigenvalue weighted by Crippen LogP contribution is 2.14. The Morgan fingerprint density at radius 2 is 1.92 bits per heavy atom. The molecule has 0 aliphatic rings. The van der Waals surface area contributed by atoms with E-state index in [4.69, 9.17) is 5.73 Å². The molecule has 0 heterocycles. The van der Waals surface area contributed by atoms with Crippen molar-refractivity contribution in [1.29, 1.82) is 0 Å². The van der Waals surface area contributed by atoms with E-state index in [9.17, 15) is 18.0 Å². The van der Waals surface area contributed by atoms with Crippen LogP contribution in [-0.4, -0.2) is 12.3 Å². The predicted molar refractivity (Wildman–Crippen MR) is 39.7 cm³/mol. The lowest BCUT2D eigenvalue weighted by molar-refractivity contribution is 0.0996. The number of hydrogen-bond acceptors (Lipinski definition) is 2. The lowest BCUT2D eigenvalue weighted by Crippen LogP contribution is -2.16. The molecule has 0 spiro atoms. The van der Waals surface area contributed by atoms with Crippen LogP contribution >= 0.6 is 0 Å². The van der Waals surface area contributed by atoms with Crippen LogP contribution in [0.2, 0.25) is 0 Å². The maximum absolute atomic E-state index is 12.8. The maximum Gasteiger partial charge on any atom is 0.179 e. The summed E-state index contributed by atoms with van der Waals surface area (Å²) in [4.78, 5) is 10.8. The van der Waals surface area contributed by atoms with Crippen molar-refractivity contribution >= 4 is 5.78 Å². The van der Waals surface area contributed by atoms with Gasteiger partial charge in [-0.15, -0.1) is 0 Å². The quantitative estimate of drug-likeness (QED) is 0.562. The lowest BCUT2D eigenvalue weighted by Gasteiger charge is -2.01. The Kier molecular flexibility index (Phi) is 2.67. The van der Waals surface area contributed by atoms with E-state index in [1.54, 1.807) is 0 Å².